The molecular weight excluding hydrogens is 121 g/mol. The van der Waals surface area contributed by atoms with Gasteiger partial charge in [-0.25, -0.2) is 0 Å². The Hall–Kier alpha value is 0.440. The molecule has 0 radical (unpaired) electrons. The molecule has 0 aliphatic heterocycles. The third kappa shape index (κ3) is 2.44. The van der Waals surface area contributed by atoms with Crippen LogP contribution in [0.1, 0.15) is 5.48 Å². The van der Waals surface area contributed by atoms with Crippen LogP contribution in [0.25, 0.3) is 0 Å². The van der Waals surface area contributed by atoms with Gasteiger partial charge in [0.25, 0.3) is 0 Å². The van der Waals surface area contributed by atoms with Crippen LogP contribution < -0.4 is 0 Å². The molecule has 0 rings (SSSR count). The van der Waals surface area contributed by atoms with Crippen molar-refractivity contribution in [2.75, 3.05) is 11.8 Å². The molecule has 1 N–H and O–H groups in total. The highest BCUT2D eigenvalue weighted by Gasteiger charge is 1.59. The highest BCUT2D eigenvalue weighted by Crippen LogP contribution is 1.69. The van der Waals surface area contributed by atoms with Crippen LogP contribution in [0.2, 0.25) is 0 Å². The first-order valence-corrected chi connectivity index (χ1v) is 1.46. The molecule has 0 aromatic carbocycles. The van der Waals surface area contributed by atoms with Gasteiger partial charge in [-0.3, -0.25) is 0 Å². The summed E-state index contributed by atoms with van der Waals surface area (Å²) >= 11 is 2.31. The van der Waals surface area contributed by atoms with E-state index in [0.29, 0.717) is 0 Å². The molecule has 0 bridgehead atoms. The molecule has 0 unspecified atom stereocenters. The van der Waals surface area contributed by atoms with Crippen LogP contribution in [0, 0.1) is 0 Å². The summed E-state index contributed by atoms with van der Waals surface area (Å²) in [5.74, 6) is 0. The lowest BCUT2D eigenvalue weighted by molar-refractivity contribution is 0.324. The zero-order chi connectivity index (χ0) is 7.00. The Morgan fingerprint density at radius 1 is 2.25 bits per heavy atom. The van der Waals surface area contributed by atoms with Gasteiger partial charge < -0.3 is 5.11 Å². The minimum absolute atomic E-state index is 2.31. The summed E-state index contributed by atoms with van der Waals surface area (Å²) < 4.78 is 25.9. The number of halogens is 1. The average Bonchev–Trinajstić information content (AvgIpc) is 1.25. The SMILES string of the molecule is [2H]C([2H])(O)[13C]([2H])([2H])Br. The number of alkyl halides is 1. The number of rotatable bonds is 1. The second-order valence-corrected chi connectivity index (χ2v) is 0.603. The predicted molar refractivity (Wildman–Crippen MR) is 20.9 cm³/mol. The minimum Gasteiger partial charge on any atom is -0.396 e. The van der Waals surface area contributed by atoms with Gasteiger partial charge in [-0.15, -0.1) is 0 Å². The molecule has 0 atom stereocenters. The molecule has 0 aliphatic rings. The van der Waals surface area contributed by atoms with E-state index in [1.165, 1.54) is 0 Å². The third-order valence-electron chi connectivity index (χ3n) is 0.0423. The van der Waals surface area contributed by atoms with Crippen molar-refractivity contribution in [1.82, 2.24) is 0 Å². The van der Waals surface area contributed by atoms with E-state index < -0.39 is 11.8 Å². The molecule has 0 aliphatic carbocycles. The van der Waals surface area contributed by atoms with E-state index in [1.54, 1.807) is 0 Å². The van der Waals surface area contributed by atoms with Gasteiger partial charge in [0.05, 0.1) is 9.30 Å². The van der Waals surface area contributed by atoms with Crippen LogP contribution in [0.4, 0.5) is 0 Å². The van der Waals surface area contributed by atoms with Gasteiger partial charge in [-0.2, -0.15) is 0 Å². The molecule has 1 nitrogen and oxygen atoms in total. The van der Waals surface area contributed by atoms with E-state index in [4.69, 9.17) is 10.6 Å². The predicted octanol–water partition coefficient (Wildman–Crippen LogP) is 0.374. The van der Waals surface area contributed by atoms with E-state index in [2.05, 4.69) is 15.9 Å². The normalized spacial score (nSPS) is 29.5. The van der Waals surface area contributed by atoms with Gasteiger partial charge >= 0.3 is 0 Å². The number of hydrogen-bond donors (Lipinski definition) is 1. The van der Waals surface area contributed by atoms with E-state index in [9.17, 15) is 0 Å². The highest BCUT2D eigenvalue weighted by molar-refractivity contribution is 9.09. The fraction of sp³-hybridized carbons (Fsp3) is 1.00. The van der Waals surface area contributed by atoms with Crippen LogP contribution in [0.15, 0.2) is 0 Å². The fourth-order valence-electron chi connectivity index (χ4n) is 0. The first-order chi connectivity index (χ1) is 3.25. The maximum Gasteiger partial charge on any atom is 0.0572 e. The van der Waals surface area contributed by atoms with E-state index in [-0.39, 0.29) is 0 Å². The van der Waals surface area contributed by atoms with Gasteiger partial charge in [0.1, 0.15) is 0 Å². The quantitative estimate of drug-likeness (QED) is 0.401. The summed E-state index contributed by atoms with van der Waals surface area (Å²) in [5.41, 5.74) is 0. The van der Waals surface area contributed by atoms with Gasteiger partial charge in [-0.05, 0) is 0 Å². The second-order valence-electron chi connectivity index (χ2n) is 0.206. The number of hydrogen-bond acceptors (Lipinski definition) is 1. The lowest BCUT2D eigenvalue weighted by Crippen LogP contribution is -1.75. The molecule has 2 heteroatoms. The summed E-state index contributed by atoms with van der Waals surface area (Å²) in [6.45, 7) is -2.81. The molecule has 0 heterocycles. The van der Waals surface area contributed by atoms with Gasteiger partial charge in [0.2, 0.25) is 0 Å². The largest absolute Gasteiger partial charge is 0.396 e. The monoisotopic (exact) mass is 129 g/mol. The van der Waals surface area contributed by atoms with E-state index in [0.717, 1.165) is 0 Å². The lowest BCUT2D eigenvalue weighted by Gasteiger charge is -1.67. The van der Waals surface area contributed by atoms with Crippen molar-refractivity contribution in [2.24, 2.45) is 0 Å². The zero-order valence-corrected chi connectivity index (χ0v) is 3.41. The van der Waals surface area contributed by atoms with Crippen LogP contribution >= 0.6 is 15.9 Å². The molecule has 0 saturated carbocycles. The van der Waals surface area contributed by atoms with Crippen molar-refractivity contribution in [3.63, 3.8) is 0 Å². The van der Waals surface area contributed by atoms with Crippen LogP contribution in [-0.2, 0) is 0 Å². The van der Waals surface area contributed by atoms with Crippen molar-refractivity contribution in [3.05, 3.63) is 0 Å². The van der Waals surface area contributed by atoms with Crippen LogP contribution in [0.3, 0.4) is 0 Å². The fourth-order valence-corrected chi connectivity index (χ4v) is 0. The van der Waals surface area contributed by atoms with Crippen molar-refractivity contribution >= 4 is 15.9 Å². The zero-order valence-electron chi connectivity index (χ0n) is 5.83. The first kappa shape index (κ1) is 0.949. The number of aliphatic hydroxyl groups is 1. The smallest absolute Gasteiger partial charge is 0.0572 e. The van der Waals surface area contributed by atoms with Crippen LogP contribution in [-0.4, -0.2) is 16.9 Å². The molecular formula is C2H5BrO. The Labute approximate surface area is 39.4 Å². The summed E-state index contributed by atoms with van der Waals surface area (Å²) in [5, 5.41) is 5.90. The Kier molecular flexibility index (Phi) is 0.816. The summed E-state index contributed by atoms with van der Waals surface area (Å²) in [6.07, 6.45) is 0. The molecule has 0 fully saturated rings. The summed E-state index contributed by atoms with van der Waals surface area (Å²) in [6, 6.07) is 0. The molecule has 0 amide bonds. The molecule has 0 aromatic rings. The van der Waals surface area contributed by atoms with E-state index in [1.807, 2.05) is 0 Å². The maximum atomic E-state index is 8.27. The standard InChI is InChI=1S/C2H5BrO/c3-1-2-4/h4H,1-2H2/i1+1D2,2D2. The molecule has 4 heavy (non-hydrogen) atoms. The van der Waals surface area contributed by atoms with Crippen molar-refractivity contribution < 1.29 is 10.6 Å². The molecule has 26 valence electrons. The molecule has 0 saturated heterocycles. The first-order valence-electron chi connectivity index (χ1n) is 2.66. The Morgan fingerprint density at radius 2 is 2.50 bits per heavy atom. The minimum atomic E-state index is -2.81. The second kappa shape index (κ2) is 3.44. The van der Waals surface area contributed by atoms with Gasteiger partial charge in [-0.1, -0.05) is 15.9 Å². The van der Waals surface area contributed by atoms with Crippen molar-refractivity contribution in [3.8, 4) is 0 Å². The Balaban J connectivity index is 4.02. The van der Waals surface area contributed by atoms with E-state index >= 15 is 0 Å². The maximum absolute atomic E-state index is 8.27. The van der Waals surface area contributed by atoms with Crippen LogP contribution in [0.5, 0.6) is 0 Å². The lowest BCUT2D eigenvalue weighted by atomic mass is 11.2. The Bertz CT molecular complexity index is 69.0. The van der Waals surface area contributed by atoms with Crippen molar-refractivity contribution in [1.29, 1.82) is 0 Å². The molecule has 0 spiro atoms. The van der Waals surface area contributed by atoms with Gasteiger partial charge in [0, 0.05) is 8.02 Å². The summed E-state index contributed by atoms with van der Waals surface area (Å²) in [4.78, 5) is 0. The highest BCUT2D eigenvalue weighted by atomic mass is 79.9. The third-order valence-corrected chi connectivity index (χ3v) is 0.220. The van der Waals surface area contributed by atoms with Gasteiger partial charge in [0.15, 0.2) is 0 Å². The Morgan fingerprint density at radius 3 is 2.50 bits per heavy atom. The average molecular weight is 130 g/mol. The summed E-state index contributed by atoms with van der Waals surface area (Å²) in [7, 11) is 0. The molecule has 0 aromatic heterocycles. The van der Waals surface area contributed by atoms with Crippen molar-refractivity contribution in [2.45, 2.75) is 0 Å². The topological polar surface area (TPSA) is 20.2 Å².